The van der Waals surface area contributed by atoms with E-state index in [1.165, 1.54) is 0 Å². The molecule has 0 atom stereocenters. The smallest absolute Gasteiger partial charge is 0.167 e. The van der Waals surface area contributed by atoms with Gasteiger partial charge in [0.05, 0.1) is 19.0 Å². The van der Waals surface area contributed by atoms with Crippen molar-refractivity contribution in [1.82, 2.24) is 9.97 Å². The summed E-state index contributed by atoms with van der Waals surface area (Å²) in [7, 11) is 1.66. The van der Waals surface area contributed by atoms with E-state index in [2.05, 4.69) is 22.1 Å². The number of methoxy groups -OCH3 is 1. The van der Waals surface area contributed by atoms with Crippen molar-refractivity contribution in [1.29, 1.82) is 0 Å². The van der Waals surface area contributed by atoms with E-state index in [0.717, 1.165) is 34.2 Å². The van der Waals surface area contributed by atoms with E-state index in [0.29, 0.717) is 12.1 Å². The molecule has 0 unspecified atom stereocenters. The maximum absolute atomic E-state index is 10.7. The molecule has 0 aliphatic carbocycles. The van der Waals surface area contributed by atoms with E-state index in [1.807, 2.05) is 24.3 Å². The molecule has 0 bridgehead atoms. The quantitative estimate of drug-likeness (QED) is 0.739. The molecule has 1 N–H and O–H groups in total. The van der Waals surface area contributed by atoms with Crippen LogP contribution in [-0.2, 0) is 6.42 Å². The highest BCUT2D eigenvalue weighted by Crippen LogP contribution is 2.25. The van der Waals surface area contributed by atoms with Crippen LogP contribution in [0.2, 0.25) is 0 Å². The number of carbonyl (C=O) groups excluding carboxylic acids is 1. The summed E-state index contributed by atoms with van der Waals surface area (Å²) >= 11 is 0. The number of aromatic amines is 1. The van der Waals surface area contributed by atoms with Gasteiger partial charge in [0.2, 0.25) is 0 Å². The van der Waals surface area contributed by atoms with Crippen LogP contribution in [-0.4, -0.2) is 23.4 Å². The number of carbonyl (C=O) groups is 1. The lowest BCUT2D eigenvalue weighted by atomic mass is 10.0. The third-order valence-corrected chi connectivity index (χ3v) is 3.31. The van der Waals surface area contributed by atoms with Crippen molar-refractivity contribution in [3.05, 3.63) is 59.7 Å². The van der Waals surface area contributed by atoms with E-state index in [1.54, 1.807) is 13.3 Å². The Morgan fingerprint density at radius 3 is 2.95 bits per heavy atom. The van der Waals surface area contributed by atoms with E-state index < -0.39 is 0 Å². The van der Waals surface area contributed by atoms with Crippen LogP contribution in [0.1, 0.15) is 21.9 Å². The molecule has 0 aliphatic rings. The molecule has 20 heavy (non-hydrogen) atoms. The van der Waals surface area contributed by atoms with Gasteiger partial charge in [-0.25, -0.2) is 4.98 Å². The first-order chi connectivity index (χ1) is 9.80. The second-order valence-electron chi connectivity index (χ2n) is 4.58. The van der Waals surface area contributed by atoms with Gasteiger partial charge in [0.15, 0.2) is 6.29 Å². The average Bonchev–Trinajstić information content (AvgIpc) is 2.95. The highest BCUT2D eigenvalue weighted by Gasteiger charge is 2.06. The lowest BCUT2D eigenvalue weighted by Gasteiger charge is -2.07. The number of ether oxygens (including phenoxy) is 1. The summed E-state index contributed by atoms with van der Waals surface area (Å²) in [6, 6.07) is 12.2. The summed E-state index contributed by atoms with van der Waals surface area (Å²) in [6.07, 6.45) is 2.97. The first-order valence-electron chi connectivity index (χ1n) is 6.35. The largest absolute Gasteiger partial charge is 0.497 e. The zero-order valence-electron chi connectivity index (χ0n) is 11.1. The van der Waals surface area contributed by atoms with E-state index in [-0.39, 0.29) is 0 Å². The van der Waals surface area contributed by atoms with Crippen molar-refractivity contribution >= 4 is 17.1 Å². The van der Waals surface area contributed by atoms with Crippen LogP contribution in [0.25, 0.3) is 10.8 Å². The van der Waals surface area contributed by atoms with Crippen molar-refractivity contribution in [2.45, 2.75) is 6.42 Å². The summed E-state index contributed by atoms with van der Waals surface area (Å²) in [4.78, 5) is 17.9. The fraction of sp³-hybridized carbons (Fsp3) is 0.125. The zero-order chi connectivity index (χ0) is 13.9. The van der Waals surface area contributed by atoms with Gasteiger partial charge < -0.3 is 9.72 Å². The van der Waals surface area contributed by atoms with Crippen LogP contribution in [0.3, 0.4) is 0 Å². The molecule has 4 nitrogen and oxygen atoms in total. The van der Waals surface area contributed by atoms with Gasteiger partial charge in [-0.3, -0.25) is 4.79 Å². The molecule has 0 radical (unpaired) electrons. The number of H-pyrrole nitrogens is 1. The number of rotatable bonds is 4. The van der Waals surface area contributed by atoms with E-state index in [4.69, 9.17) is 4.74 Å². The monoisotopic (exact) mass is 266 g/mol. The molecule has 0 saturated heterocycles. The number of nitrogens with zero attached hydrogens (tertiary/aromatic N) is 1. The van der Waals surface area contributed by atoms with Crippen molar-refractivity contribution in [2.75, 3.05) is 7.11 Å². The minimum absolute atomic E-state index is 0.498. The molecule has 100 valence electrons. The molecular formula is C16H14N2O2. The fourth-order valence-electron chi connectivity index (χ4n) is 2.31. The standard InChI is InChI=1S/C16H14N2O2/c1-20-14-6-5-11-3-2-4-12(15(11)8-14)7-16-17-9-13(10-19)18-16/h2-6,8-10H,7H2,1H3,(H,17,18). The molecule has 0 amide bonds. The topological polar surface area (TPSA) is 55.0 Å². The number of fused-ring (bicyclic) bond motifs is 1. The molecular weight excluding hydrogens is 252 g/mol. The summed E-state index contributed by atoms with van der Waals surface area (Å²) in [5, 5.41) is 2.29. The molecule has 4 heteroatoms. The molecule has 3 aromatic rings. The molecule has 0 saturated carbocycles. The third kappa shape index (κ3) is 2.28. The lowest BCUT2D eigenvalue weighted by Crippen LogP contribution is -1.93. The highest BCUT2D eigenvalue weighted by molar-refractivity contribution is 5.87. The first-order valence-corrected chi connectivity index (χ1v) is 6.35. The van der Waals surface area contributed by atoms with Crippen LogP contribution >= 0.6 is 0 Å². The van der Waals surface area contributed by atoms with E-state index in [9.17, 15) is 4.79 Å². The molecule has 2 aromatic carbocycles. The Kier molecular flexibility index (Phi) is 3.21. The lowest BCUT2D eigenvalue weighted by molar-refractivity contribution is 0.111. The third-order valence-electron chi connectivity index (χ3n) is 3.31. The molecule has 1 heterocycles. The maximum atomic E-state index is 10.7. The molecule has 0 spiro atoms. The van der Waals surface area contributed by atoms with Crippen LogP contribution in [0.4, 0.5) is 0 Å². The van der Waals surface area contributed by atoms with Gasteiger partial charge in [-0.2, -0.15) is 0 Å². The number of nitrogens with one attached hydrogen (secondary N) is 1. The fourth-order valence-corrected chi connectivity index (χ4v) is 2.31. The number of aldehydes is 1. The Labute approximate surface area is 116 Å². The number of benzene rings is 2. The molecule has 1 aromatic heterocycles. The van der Waals surface area contributed by atoms with Crippen molar-refractivity contribution in [3.63, 3.8) is 0 Å². The van der Waals surface area contributed by atoms with Gasteiger partial charge in [-0.15, -0.1) is 0 Å². The Morgan fingerprint density at radius 1 is 1.30 bits per heavy atom. The van der Waals surface area contributed by atoms with Crippen molar-refractivity contribution in [2.24, 2.45) is 0 Å². The van der Waals surface area contributed by atoms with Gasteiger partial charge in [0.1, 0.15) is 11.6 Å². The Bertz CT molecular complexity index is 762. The van der Waals surface area contributed by atoms with Gasteiger partial charge in [0, 0.05) is 6.42 Å². The molecule has 3 rings (SSSR count). The normalized spacial score (nSPS) is 10.7. The van der Waals surface area contributed by atoms with Crippen LogP contribution < -0.4 is 4.74 Å². The second-order valence-corrected chi connectivity index (χ2v) is 4.58. The van der Waals surface area contributed by atoms with Crippen LogP contribution in [0.5, 0.6) is 5.75 Å². The molecule has 0 fully saturated rings. The summed E-state index contributed by atoms with van der Waals surface area (Å²) in [5.41, 5.74) is 1.64. The Balaban J connectivity index is 2.03. The number of aromatic nitrogens is 2. The second kappa shape index (κ2) is 5.17. The SMILES string of the molecule is COc1ccc2cccc(Cc3ncc(C=O)[nH]3)c2c1. The maximum Gasteiger partial charge on any atom is 0.167 e. The van der Waals surface area contributed by atoms with Gasteiger partial charge in [0.25, 0.3) is 0 Å². The van der Waals surface area contributed by atoms with Gasteiger partial charge >= 0.3 is 0 Å². The number of imidazole rings is 1. The summed E-state index contributed by atoms with van der Waals surface area (Å²) in [6.45, 7) is 0. The number of hydrogen-bond acceptors (Lipinski definition) is 3. The van der Waals surface area contributed by atoms with Gasteiger partial charge in [-0.05, 0) is 28.5 Å². The Hall–Kier alpha value is -2.62. The summed E-state index contributed by atoms with van der Waals surface area (Å²) in [5.74, 6) is 1.61. The number of hydrogen-bond donors (Lipinski definition) is 1. The Morgan fingerprint density at radius 2 is 2.20 bits per heavy atom. The predicted octanol–water partition coefficient (Wildman–Crippen LogP) is 2.97. The predicted molar refractivity (Wildman–Crippen MR) is 77.3 cm³/mol. The molecule has 0 aliphatic heterocycles. The van der Waals surface area contributed by atoms with Gasteiger partial charge in [-0.1, -0.05) is 24.3 Å². The zero-order valence-corrected chi connectivity index (χ0v) is 11.1. The van der Waals surface area contributed by atoms with Crippen molar-refractivity contribution in [3.8, 4) is 5.75 Å². The van der Waals surface area contributed by atoms with E-state index >= 15 is 0 Å². The van der Waals surface area contributed by atoms with Crippen LogP contribution in [0.15, 0.2) is 42.6 Å². The highest BCUT2D eigenvalue weighted by atomic mass is 16.5. The minimum atomic E-state index is 0.498. The minimum Gasteiger partial charge on any atom is -0.497 e. The summed E-state index contributed by atoms with van der Waals surface area (Å²) < 4.78 is 5.28. The average molecular weight is 266 g/mol. The first kappa shape index (κ1) is 12.4. The van der Waals surface area contributed by atoms with Crippen molar-refractivity contribution < 1.29 is 9.53 Å². The van der Waals surface area contributed by atoms with Crippen LogP contribution in [0, 0.1) is 0 Å².